The van der Waals surface area contributed by atoms with E-state index in [1.165, 1.54) is 4.90 Å². The number of hydrogen-bond donors (Lipinski definition) is 1. The predicted molar refractivity (Wildman–Crippen MR) is 81.3 cm³/mol. The van der Waals surface area contributed by atoms with Crippen LogP contribution in [0.3, 0.4) is 0 Å². The predicted octanol–water partition coefficient (Wildman–Crippen LogP) is 3.31. The van der Waals surface area contributed by atoms with E-state index in [1.807, 2.05) is 0 Å². The van der Waals surface area contributed by atoms with Gasteiger partial charge in [0, 0.05) is 13.6 Å². The van der Waals surface area contributed by atoms with Crippen LogP contribution in [0.1, 0.15) is 19.4 Å². The molecule has 1 fully saturated rings. The zero-order valence-corrected chi connectivity index (χ0v) is 13.6. The lowest BCUT2D eigenvalue weighted by atomic mass is 10.1. The van der Waals surface area contributed by atoms with E-state index in [9.17, 15) is 9.59 Å². The third kappa shape index (κ3) is 2.87. The third-order valence-corrected chi connectivity index (χ3v) is 5.03. The van der Waals surface area contributed by atoms with Gasteiger partial charge >= 0.3 is 5.97 Å². The van der Waals surface area contributed by atoms with E-state index >= 15 is 0 Å². The third-order valence-electron chi connectivity index (χ3n) is 4.17. The summed E-state index contributed by atoms with van der Waals surface area (Å²) in [4.78, 5) is 25.1. The SMILES string of the molecule is CN(Cc1cccc(Cl)c1Cl)C(=O)[C@H]1[C@@H](C(=O)O)C1(C)C. The van der Waals surface area contributed by atoms with Crippen molar-refractivity contribution >= 4 is 35.1 Å². The Morgan fingerprint density at radius 1 is 1.29 bits per heavy atom. The molecule has 1 aliphatic rings. The largest absolute Gasteiger partial charge is 0.481 e. The zero-order valence-electron chi connectivity index (χ0n) is 12.1. The highest BCUT2D eigenvalue weighted by Gasteiger charge is 2.66. The summed E-state index contributed by atoms with van der Waals surface area (Å²) in [7, 11) is 1.65. The van der Waals surface area contributed by atoms with Crippen molar-refractivity contribution in [3.8, 4) is 0 Å². The summed E-state index contributed by atoms with van der Waals surface area (Å²) in [5.74, 6) is -2.21. The fraction of sp³-hybridized carbons (Fsp3) is 0.467. The molecular weight excluding hydrogens is 313 g/mol. The van der Waals surface area contributed by atoms with Gasteiger partial charge in [-0.1, -0.05) is 49.2 Å². The number of carbonyl (C=O) groups excluding carboxylic acids is 1. The van der Waals surface area contributed by atoms with Gasteiger partial charge in [0.15, 0.2) is 0 Å². The number of carboxylic acids is 1. The standard InChI is InChI=1S/C15H17Cl2NO3/c1-15(2)10(11(15)14(20)21)13(19)18(3)7-8-5-4-6-9(16)12(8)17/h4-6,10-11H,7H2,1-3H3,(H,20,21)/t10-,11+/m1/s1. The molecule has 0 radical (unpaired) electrons. The molecule has 21 heavy (non-hydrogen) atoms. The average Bonchev–Trinajstić information content (AvgIpc) is 2.97. The lowest BCUT2D eigenvalue weighted by Gasteiger charge is -2.19. The van der Waals surface area contributed by atoms with Crippen LogP contribution in [0.2, 0.25) is 10.0 Å². The number of carboxylic acid groups (broad SMARTS) is 1. The quantitative estimate of drug-likeness (QED) is 0.921. The molecule has 0 unspecified atom stereocenters. The summed E-state index contributed by atoms with van der Waals surface area (Å²) in [6.07, 6.45) is 0. The van der Waals surface area contributed by atoms with Gasteiger partial charge in [-0.05, 0) is 17.0 Å². The van der Waals surface area contributed by atoms with Crippen molar-refractivity contribution in [2.75, 3.05) is 7.05 Å². The molecule has 0 heterocycles. The first-order valence-electron chi connectivity index (χ1n) is 6.58. The van der Waals surface area contributed by atoms with E-state index in [4.69, 9.17) is 28.3 Å². The first kappa shape index (κ1) is 16.1. The molecule has 1 aliphatic carbocycles. The molecule has 4 nitrogen and oxygen atoms in total. The van der Waals surface area contributed by atoms with Crippen LogP contribution >= 0.6 is 23.2 Å². The zero-order chi connectivity index (χ0) is 15.9. The minimum absolute atomic E-state index is 0.177. The fourth-order valence-electron chi connectivity index (χ4n) is 2.80. The van der Waals surface area contributed by atoms with E-state index < -0.39 is 23.2 Å². The van der Waals surface area contributed by atoms with Crippen LogP contribution in [0.15, 0.2) is 18.2 Å². The number of halogens is 2. The van der Waals surface area contributed by atoms with Gasteiger partial charge in [-0.3, -0.25) is 9.59 Å². The molecular formula is C15H17Cl2NO3. The molecule has 0 saturated heterocycles. The number of carbonyl (C=O) groups is 2. The minimum atomic E-state index is -0.924. The Labute approximate surface area is 133 Å². The van der Waals surface area contributed by atoms with E-state index in [0.29, 0.717) is 16.6 Å². The van der Waals surface area contributed by atoms with Gasteiger partial charge in [-0.25, -0.2) is 0 Å². The van der Waals surface area contributed by atoms with Crippen molar-refractivity contribution in [2.45, 2.75) is 20.4 Å². The summed E-state index contributed by atoms with van der Waals surface area (Å²) in [6, 6.07) is 5.24. The Balaban J connectivity index is 2.11. The molecule has 1 aromatic rings. The van der Waals surface area contributed by atoms with E-state index in [2.05, 4.69) is 0 Å². The summed E-state index contributed by atoms with van der Waals surface area (Å²) in [5.41, 5.74) is 0.236. The van der Waals surface area contributed by atoms with E-state index in [-0.39, 0.29) is 5.91 Å². The summed E-state index contributed by atoms with van der Waals surface area (Å²) in [5, 5.41) is 10.0. The fourth-order valence-corrected chi connectivity index (χ4v) is 3.18. The van der Waals surface area contributed by atoms with Crippen molar-refractivity contribution in [1.82, 2.24) is 4.90 Å². The number of rotatable bonds is 4. The average molecular weight is 330 g/mol. The van der Waals surface area contributed by atoms with Crippen molar-refractivity contribution in [3.63, 3.8) is 0 Å². The van der Waals surface area contributed by atoms with Gasteiger partial charge in [0.25, 0.3) is 0 Å². The number of nitrogens with zero attached hydrogens (tertiary/aromatic N) is 1. The first-order valence-corrected chi connectivity index (χ1v) is 7.34. The maximum absolute atomic E-state index is 12.4. The van der Waals surface area contributed by atoms with Gasteiger partial charge in [-0.2, -0.15) is 0 Å². The monoisotopic (exact) mass is 329 g/mol. The van der Waals surface area contributed by atoms with Gasteiger partial charge in [-0.15, -0.1) is 0 Å². The van der Waals surface area contributed by atoms with Crippen LogP contribution in [0.5, 0.6) is 0 Å². The van der Waals surface area contributed by atoms with Crippen LogP contribution in [0.25, 0.3) is 0 Å². The molecule has 2 atom stereocenters. The van der Waals surface area contributed by atoms with Crippen LogP contribution in [-0.4, -0.2) is 28.9 Å². The van der Waals surface area contributed by atoms with Gasteiger partial charge in [0.05, 0.1) is 21.9 Å². The highest BCUT2D eigenvalue weighted by atomic mass is 35.5. The second kappa shape index (κ2) is 5.50. The highest BCUT2D eigenvalue weighted by molar-refractivity contribution is 6.42. The van der Waals surface area contributed by atoms with Gasteiger partial charge < -0.3 is 10.0 Å². The highest BCUT2D eigenvalue weighted by Crippen LogP contribution is 2.59. The molecule has 114 valence electrons. The summed E-state index contributed by atoms with van der Waals surface area (Å²) in [6.45, 7) is 3.90. The second-order valence-electron chi connectivity index (χ2n) is 6.02. The Morgan fingerprint density at radius 2 is 1.90 bits per heavy atom. The van der Waals surface area contributed by atoms with Crippen molar-refractivity contribution < 1.29 is 14.7 Å². The van der Waals surface area contributed by atoms with E-state index in [0.717, 1.165) is 5.56 Å². The molecule has 0 bridgehead atoms. The van der Waals surface area contributed by atoms with Crippen LogP contribution in [0, 0.1) is 17.3 Å². The molecule has 1 saturated carbocycles. The minimum Gasteiger partial charge on any atom is -0.481 e. The summed E-state index contributed by atoms with van der Waals surface area (Å²) >= 11 is 12.1. The second-order valence-corrected chi connectivity index (χ2v) is 6.81. The lowest BCUT2D eigenvalue weighted by Crippen LogP contribution is -2.29. The molecule has 1 amide bonds. The molecule has 2 rings (SSSR count). The van der Waals surface area contributed by atoms with Gasteiger partial charge in [0.1, 0.15) is 0 Å². The van der Waals surface area contributed by atoms with Crippen molar-refractivity contribution in [2.24, 2.45) is 17.3 Å². The Hall–Kier alpha value is -1.26. The molecule has 0 aromatic heterocycles. The summed E-state index contributed by atoms with van der Waals surface area (Å²) < 4.78 is 0. The number of benzene rings is 1. The Kier molecular flexibility index (Phi) is 4.22. The maximum Gasteiger partial charge on any atom is 0.307 e. The normalized spacial score (nSPS) is 22.7. The van der Waals surface area contributed by atoms with Crippen molar-refractivity contribution in [1.29, 1.82) is 0 Å². The Morgan fingerprint density at radius 3 is 2.43 bits per heavy atom. The van der Waals surface area contributed by atoms with Crippen LogP contribution in [-0.2, 0) is 16.1 Å². The van der Waals surface area contributed by atoms with E-state index in [1.54, 1.807) is 39.1 Å². The molecule has 0 aliphatic heterocycles. The maximum atomic E-state index is 12.4. The first-order chi connectivity index (χ1) is 9.67. The van der Waals surface area contributed by atoms with Crippen LogP contribution < -0.4 is 0 Å². The Bertz CT molecular complexity index is 601. The topological polar surface area (TPSA) is 57.6 Å². The molecule has 1 aromatic carbocycles. The molecule has 6 heteroatoms. The smallest absolute Gasteiger partial charge is 0.307 e. The molecule has 0 spiro atoms. The van der Waals surface area contributed by atoms with Crippen molar-refractivity contribution in [3.05, 3.63) is 33.8 Å². The lowest BCUT2D eigenvalue weighted by molar-refractivity contribution is -0.141. The number of aliphatic carboxylic acids is 1. The van der Waals surface area contributed by atoms with Gasteiger partial charge in [0.2, 0.25) is 5.91 Å². The molecule has 1 N–H and O–H groups in total. The van der Waals surface area contributed by atoms with Crippen LogP contribution in [0.4, 0.5) is 0 Å². The number of amides is 1. The number of hydrogen-bond acceptors (Lipinski definition) is 2.